The van der Waals surface area contributed by atoms with Crippen LogP contribution in [0.25, 0.3) is 5.69 Å². The first kappa shape index (κ1) is 16.6. The number of aliphatic hydroxyl groups excluding tert-OH is 1. The molecule has 0 bridgehead atoms. The molecule has 1 saturated carbocycles. The van der Waals surface area contributed by atoms with E-state index >= 15 is 0 Å². The van der Waals surface area contributed by atoms with Crippen LogP contribution in [0.1, 0.15) is 41.0 Å². The molecule has 5 nitrogen and oxygen atoms in total. The number of carbonyl (C=O) groups is 1. The maximum absolute atomic E-state index is 13.1. The molecule has 2 unspecified atom stereocenters. The summed E-state index contributed by atoms with van der Waals surface area (Å²) in [6.07, 6.45) is 2.42. The summed E-state index contributed by atoms with van der Waals surface area (Å²) in [5.41, 5.74) is 2.58. The molecule has 2 atom stereocenters. The Morgan fingerprint density at radius 2 is 2.04 bits per heavy atom. The maximum atomic E-state index is 13.1. The highest BCUT2D eigenvalue weighted by atomic mass is 19.1. The fourth-order valence-electron chi connectivity index (χ4n) is 3.37. The molecule has 1 heterocycles. The van der Waals surface area contributed by atoms with E-state index in [0.717, 1.165) is 19.3 Å². The molecule has 6 heteroatoms. The highest BCUT2D eigenvalue weighted by Crippen LogP contribution is 2.25. The predicted molar refractivity (Wildman–Crippen MR) is 88.7 cm³/mol. The van der Waals surface area contributed by atoms with Crippen LogP contribution in [0, 0.1) is 25.6 Å². The topological polar surface area (TPSA) is 67.2 Å². The second-order valence-corrected chi connectivity index (χ2v) is 6.40. The van der Waals surface area contributed by atoms with Crippen LogP contribution in [0.4, 0.5) is 4.39 Å². The Labute approximate surface area is 140 Å². The average Bonchev–Trinajstić information content (AvgIpc) is 3.09. The summed E-state index contributed by atoms with van der Waals surface area (Å²) >= 11 is 0. The lowest BCUT2D eigenvalue weighted by Gasteiger charge is -2.15. The Morgan fingerprint density at radius 3 is 2.67 bits per heavy atom. The number of halogens is 1. The fourth-order valence-corrected chi connectivity index (χ4v) is 3.37. The number of nitrogens with one attached hydrogen (secondary N) is 1. The monoisotopic (exact) mass is 331 g/mol. The lowest BCUT2D eigenvalue weighted by molar-refractivity contribution is 0.0915. The zero-order chi connectivity index (χ0) is 17.3. The summed E-state index contributed by atoms with van der Waals surface area (Å²) in [7, 11) is 0. The van der Waals surface area contributed by atoms with E-state index in [1.807, 2.05) is 6.92 Å². The van der Waals surface area contributed by atoms with E-state index in [1.165, 1.54) is 12.1 Å². The minimum absolute atomic E-state index is 0.127. The van der Waals surface area contributed by atoms with E-state index in [2.05, 4.69) is 10.4 Å². The van der Waals surface area contributed by atoms with Crippen molar-refractivity contribution in [2.75, 3.05) is 6.54 Å². The minimum Gasteiger partial charge on any atom is -0.393 e. The van der Waals surface area contributed by atoms with Crippen molar-refractivity contribution in [2.45, 2.75) is 39.2 Å². The Balaban J connectivity index is 1.78. The molecule has 2 N–H and O–H groups in total. The van der Waals surface area contributed by atoms with Crippen molar-refractivity contribution in [1.29, 1.82) is 0 Å². The van der Waals surface area contributed by atoms with Crippen molar-refractivity contribution in [2.24, 2.45) is 5.92 Å². The average molecular weight is 331 g/mol. The summed E-state index contributed by atoms with van der Waals surface area (Å²) in [5.74, 6) is -0.368. The van der Waals surface area contributed by atoms with Gasteiger partial charge >= 0.3 is 0 Å². The first-order chi connectivity index (χ1) is 11.5. The molecule has 24 heavy (non-hydrogen) atoms. The van der Waals surface area contributed by atoms with Crippen molar-refractivity contribution >= 4 is 5.91 Å². The first-order valence-corrected chi connectivity index (χ1v) is 8.26. The van der Waals surface area contributed by atoms with Crippen LogP contribution in [0.2, 0.25) is 0 Å². The normalized spacial score (nSPS) is 20.3. The van der Waals surface area contributed by atoms with Crippen LogP contribution in [0.3, 0.4) is 0 Å². The number of aryl methyl sites for hydroxylation is 1. The molecule has 0 radical (unpaired) electrons. The van der Waals surface area contributed by atoms with Gasteiger partial charge in [0.15, 0.2) is 0 Å². The van der Waals surface area contributed by atoms with Gasteiger partial charge in [0.1, 0.15) is 5.82 Å². The number of aliphatic hydroxyl groups is 1. The van der Waals surface area contributed by atoms with Crippen molar-refractivity contribution in [1.82, 2.24) is 15.1 Å². The third-order valence-electron chi connectivity index (χ3n) is 4.73. The van der Waals surface area contributed by atoms with Crippen molar-refractivity contribution in [3.05, 3.63) is 47.0 Å². The molecule has 1 aromatic carbocycles. The Morgan fingerprint density at radius 1 is 1.33 bits per heavy atom. The predicted octanol–water partition coefficient (Wildman–Crippen LogP) is 2.52. The lowest BCUT2D eigenvalue weighted by atomic mass is 10.1. The quantitative estimate of drug-likeness (QED) is 0.905. The molecule has 1 aliphatic carbocycles. The van der Waals surface area contributed by atoms with Crippen molar-refractivity contribution < 1.29 is 14.3 Å². The van der Waals surface area contributed by atoms with Gasteiger partial charge in [-0.2, -0.15) is 5.10 Å². The molecule has 0 aliphatic heterocycles. The lowest BCUT2D eigenvalue weighted by Crippen LogP contribution is -2.33. The summed E-state index contributed by atoms with van der Waals surface area (Å²) in [5, 5.41) is 17.2. The number of aromatic nitrogens is 2. The molecule has 3 rings (SSSR count). The third-order valence-corrected chi connectivity index (χ3v) is 4.73. The van der Waals surface area contributed by atoms with Gasteiger partial charge < -0.3 is 10.4 Å². The summed E-state index contributed by atoms with van der Waals surface area (Å²) in [6.45, 7) is 4.08. The number of rotatable bonds is 4. The van der Waals surface area contributed by atoms with Gasteiger partial charge in [-0.05, 0) is 51.0 Å². The van der Waals surface area contributed by atoms with Gasteiger partial charge in [-0.3, -0.25) is 4.79 Å². The zero-order valence-corrected chi connectivity index (χ0v) is 13.9. The van der Waals surface area contributed by atoms with Crippen molar-refractivity contribution in [3.8, 4) is 5.69 Å². The Hall–Kier alpha value is -2.21. The van der Waals surface area contributed by atoms with Gasteiger partial charge in [-0.25, -0.2) is 9.07 Å². The van der Waals surface area contributed by atoms with Crippen LogP contribution >= 0.6 is 0 Å². The number of hydrogen-bond acceptors (Lipinski definition) is 3. The molecule has 1 fully saturated rings. The summed E-state index contributed by atoms with van der Waals surface area (Å²) in [4.78, 5) is 12.5. The number of hydrogen-bond donors (Lipinski definition) is 2. The second-order valence-electron chi connectivity index (χ2n) is 6.40. The summed E-state index contributed by atoms with van der Waals surface area (Å²) < 4.78 is 14.7. The van der Waals surface area contributed by atoms with Gasteiger partial charge in [-0.1, -0.05) is 6.42 Å². The smallest absolute Gasteiger partial charge is 0.255 e. The molecule has 1 amide bonds. The van der Waals surface area contributed by atoms with Gasteiger partial charge in [0, 0.05) is 12.5 Å². The van der Waals surface area contributed by atoms with Gasteiger partial charge in [0.2, 0.25) is 0 Å². The van der Waals surface area contributed by atoms with E-state index in [4.69, 9.17) is 0 Å². The van der Waals surface area contributed by atoms with E-state index in [-0.39, 0.29) is 23.7 Å². The van der Waals surface area contributed by atoms with Gasteiger partial charge in [0.05, 0.1) is 28.7 Å². The van der Waals surface area contributed by atoms with Crippen LogP contribution in [-0.2, 0) is 0 Å². The number of benzene rings is 1. The van der Waals surface area contributed by atoms with E-state index in [1.54, 1.807) is 23.7 Å². The molecule has 0 saturated heterocycles. The Bertz CT molecular complexity index is 739. The number of carbonyl (C=O) groups excluding carboxylic acids is 1. The molecular weight excluding hydrogens is 309 g/mol. The first-order valence-electron chi connectivity index (χ1n) is 8.26. The largest absolute Gasteiger partial charge is 0.393 e. The SMILES string of the molecule is Cc1nn(-c2ccc(F)cc2)c(C)c1C(=O)NCC1CCCC1O. The van der Waals surface area contributed by atoms with Crippen LogP contribution in [-0.4, -0.2) is 33.4 Å². The van der Waals surface area contributed by atoms with Crippen LogP contribution < -0.4 is 5.32 Å². The maximum Gasteiger partial charge on any atom is 0.255 e. The molecule has 2 aromatic rings. The molecule has 1 aliphatic rings. The molecule has 128 valence electrons. The minimum atomic E-state index is -0.325. The molecular formula is C18H22FN3O2. The standard InChI is InChI=1S/C18H22FN3O2/c1-11-17(18(24)20-10-13-4-3-5-16(13)23)12(2)22(21-11)15-8-6-14(19)7-9-15/h6-9,13,16,23H,3-5,10H2,1-2H3,(H,20,24). The zero-order valence-electron chi connectivity index (χ0n) is 13.9. The summed E-state index contributed by atoms with van der Waals surface area (Å²) in [6, 6.07) is 6.00. The van der Waals surface area contributed by atoms with Gasteiger partial charge in [-0.15, -0.1) is 0 Å². The highest BCUT2D eigenvalue weighted by Gasteiger charge is 2.26. The van der Waals surface area contributed by atoms with E-state index in [9.17, 15) is 14.3 Å². The number of amides is 1. The highest BCUT2D eigenvalue weighted by molar-refractivity contribution is 5.96. The van der Waals surface area contributed by atoms with Crippen LogP contribution in [0.15, 0.2) is 24.3 Å². The van der Waals surface area contributed by atoms with E-state index < -0.39 is 0 Å². The van der Waals surface area contributed by atoms with Crippen molar-refractivity contribution in [3.63, 3.8) is 0 Å². The molecule has 1 aromatic heterocycles. The number of nitrogens with zero attached hydrogens (tertiary/aromatic N) is 2. The Kier molecular flexibility index (Phi) is 4.66. The van der Waals surface area contributed by atoms with Crippen LogP contribution in [0.5, 0.6) is 0 Å². The fraction of sp³-hybridized carbons (Fsp3) is 0.444. The molecule has 0 spiro atoms. The third kappa shape index (κ3) is 3.19. The van der Waals surface area contributed by atoms with E-state index in [0.29, 0.717) is 29.2 Å². The van der Waals surface area contributed by atoms with Gasteiger partial charge in [0.25, 0.3) is 5.91 Å². The second kappa shape index (κ2) is 6.73.